The molecule has 0 aromatic heterocycles. The number of hydrogen-bond acceptors (Lipinski definition) is 5. The molecule has 1 spiro atoms. The van der Waals surface area contributed by atoms with Crippen molar-refractivity contribution in [1.29, 1.82) is 0 Å². The second kappa shape index (κ2) is 7.87. The molecule has 1 aliphatic carbocycles. The summed E-state index contributed by atoms with van der Waals surface area (Å²) in [5, 5.41) is 15.8. The lowest BCUT2D eigenvalue weighted by Crippen LogP contribution is -2.59. The predicted molar refractivity (Wildman–Crippen MR) is 105 cm³/mol. The van der Waals surface area contributed by atoms with Crippen molar-refractivity contribution in [3.8, 4) is 0 Å². The van der Waals surface area contributed by atoms with E-state index in [4.69, 9.17) is 4.74 Å². The fourth-order valence-corrected chi connectivity index (χ4v) is 6.19. The average molecular weight is 408 g/mol. The van der Waals surface area contributed by atoms with Gasteiger partial charge < -0.3 is 25.4 Å². The molecule has 162 valence electrons. The van der Waals surface area contributed by atoms with Gasteiger partial charge in [0.15, 0.2) is 0 Å². The van der Waals surface area contributed by atoms with Crippen LogP contribution in [0.1, 0.15) is 58.3 Å². The smallest absolute Gasteiger partial charge is 0.246 e. The van der Waals surface area contributed by atoms with Crippen LogP contribution in [0.2, 0.25) is 0 Å². The van der Waals surface area contributed by atoms with Crippen molar-refractivity contribution in [1.82, 2.24) is 15.5 Å². The summed E-state index contributed by atoms with van der Waals surface area (Å²) >= 11 is 0. The van der Waals surface area contributed by atoms with Gasteiger partial charge in [0, 0.05) is 13.1 Å². The van der Waals surface area contributed by atoms with Gasteiger partial charge in [0.25, 0.3) is 0 Å². The molecule has 8 nitrogen and oxygen atoms in total. The van der Waals surface area contributed by atoms with Crippen molar-refractivity contribution in [3.05, 3.63) is 0 Å². The zero-order valence-electron chi connectivity index (χ0n) is 17.4. The Morgan fingerprint density at radius 2 is 1.97 bits per heavy atom. The van der Waals surface area contributed by atoms with Gasteiger partial charge in [0.1, 0.15) is 11.6 Å². The first-order valence-electron chi connectivity index (χ1n) is 11.1. The van der Waals surface area contributed by atoms with Crippen molar-refractivity contribution < 1.29 is 24.2 Å². The lowest BCUT2D eigenvalue weighted by atomic mass is 9.70. The van der Waals surface area contributed by atoms with Gasteiger partial charge in [-0.1, -0.05) is 26.2 Å². The molecular weight excluding hydrogens is 374 g/mol. The molecule has 3 aliphatic heterocycles. The Balaban J connectivity index is 1.69. The van der Waals surface area contributed by atoms with Gasteiger partial charge in [-0.15, -0.1) is 0 Å². The summed E-state index contributed by atoms with van der Waals surface area (Å²) < 4.78 is 6.32. The molecule has 6 atom stereocenters. The van der Waals surface area contributed by atoms with Gasteiger partial charge in [0.05, 0.1) is 30.6 Å². The van der Waals surface area contributed by atoms with Crippen molar-refractivity contribution >= 4 is 17.7 Å². The first kappa shape index (κ1) is 20.6. The molecule has 3 saturated heterocycles. The van der Waals surface area contributed by atoms with Gasteiger partial charge in [-0.05, 0) is 32.1 Å². The SMILES string of the molecule is CC[C@@H](CO)N1C(=O)[C@@H]2[C@H](C(=O)NC)[C@@H]3CCC2(O3)C1C(=O)NC1CCCCC1. The summed E-state index contributed by atoms with van der Waals surface area (Å²) in [5.41, 5.74) is -0.972. The van der Waals surface area contributed by atoms with Crippen LogP contribution in [0.4, 0.5) is 0 Å². The summed E-state index contributed by atoms with van der Waals surface area (Å²) in [6.45, 7) is 1.68. The summed E-state index contributed by atoms with van der Waals surface area (Å²) in [4.78, 5) is 41.2. The van der Waals surface area contributed by atoms with Crippen LogP contribution in [0, 0.1) is 11.8 Å². The molecule has 3 amide bonds. The van der Waals surface area contributed by atoms with Crippen molar-refractivity contribution in [2.24, 2.45) is 11.8 Å². The molecule has 3 heterocycles. The molecule has 0 aromatic rings. The van der Waals surface area contributed by atoms with Crippen LogP contribution in [-0.2, 0) is 19.1 Å². The molecular formula is C21H33N3O5. The number of ether oxygens (including phenoxy) is 1. The Morgan fingerprint density at radius 3 is 2.59 bits per heavy atom. The maximum absolute atomic E-state index is 13.5. The van der Waals surface area contributed by atoms with Crippen LogP contribution in [0.3, 0.4) is 0 Å². The summed E-state index contributed by atoms with van der Waals surface area (Å²) in [7, 11) is 1.56. The number of likely N-dealkylation sites (tertiary alicyclic amines) is 1. The van der Waals surface area contributed by atoms with E-state index in [2.05, 4.69) is 10.6 Å². The quantitative estimate of drug-likeness (QED) is 0.588. The van der Waals surface area contributed by atoms with Gasteiger partial charge in [-0.3, -0.25) is 14.4 Å². The Hall–Kier alpha value is -1.67. The largest absolute Gasteiger partial charge is 0.394 e. The van der Waals surface area contributed by atoms with E-state index in [1.165, 1.54) is 6.42 Å². The predicted octanol–water partition coefficient (Wildman–Crippen LogP) is 0.327. The Morgan fingerprint density at radius 1 is 1.24 bits per heavy atom. The third-order valence-electron chi connectivity index (χ3n) is 7.56. The first-order chi connectivity index (χ1) is 14.0. The van der Waals surface area contributed by atoms with Gasteiger partial charge in [0.2, 0.25) is 17.7 Å². The van der Waals surface area contributed by atoms with E-state index in [1.807, 2.05) is 6.92 Å². The highest BCUT2D eigenvalue weighted by Gasteiger charge is 2.74. The maximum atomic E-state index is 13.5. The van der Waals surface area contributed by atoms with Crippen LogP contribution >= 0.6 is 0 Å². The molecule has 2 bridgehead atoms. The summed E-state index contributed by atoms with van der Waals surface area (Å²) in [5.74, 6) is -1.88. The van der Waals surface area contributed by atoms with Crippen LogP contribution in [0.25, 0.3) is 0 Å². The molecule has 4 aliphatic rings. The number of rotatable bonds is 6. The molecule has 1 saturated carbocycles. The van der Waals surface area contributed by atoms with E-state index in [9.17, 15) is 19.5 Å². The highest BCUT2D eigenvalue weighted by molar-refractivity contribution is 5.99. The molecule has 8 heteroatoms. The highest BCUT2D eigenvalue weighted by Crippen LogP contribution is 2.58. The molecule has 29 heavy (non-hydrogen) atoms. The number of carbonyl (C=O) groups excluding carboxylic acids is 3. The topological polar surface area (TPSA) is 108 Å². The number of amides is 3. The first-order valence-corrected chi connectivity index (χ1v) is 11.1. The minimum Gasteiger partial charge on any atom is -0.394 e. The third kappa shape index (κ3) is 3.06. The Kier molecular flexibility index (Phi) is 5.59. The maximum Gasteiger partial charge on any atom is 0.246 e. The zero-order chi connectivity index (χ0) is 20.8. The number of aliphatic hydroxyl groups excluding tert-OH is 1. The Bertz CT molecular complexity index is 675. The third-order valence-corrected chi connectivity index (χ3v) is 7.56. The average Bonchev–Trinajstić information content (AvgIpc) is 3.37. The monoisotopic (exact) mass is 407 g/mol. The number of hydrogen-bond donors (Lipinski definition) is 3. The van der Waals surface area contributed by atoms with Gasteiger partial charge in [-0.25, -0.2) is 0 Å². The molecule has 4 fully saturated rings. The number of aliphatic hydroxyl groups is 1. The molecule has 3 N–H and O–H groups in total. The van der Waals surface area contributed by atoms with Gasteiger partial charge >= 0.3 is 0 Å². The zero-order valence-corrected chi connectivity index (χ0v) is 17.4. The normalized spacial score (nSPS) is 37.5. The van der Waals surface area contributed by atoms with E-state index in [0.29, 0.717) is 19.3 Å². The molecule has 0 aromatic carbocycles. The van der Waals surface area contributed by atoms with Crippen LogP contribution in [0.5, 0.6) is 0 Å². The second-order valence-electron chi connectivity index (χ2n) is 9.00. The summed E-state index contributed by atoms with van der Waals surface area (Å²) in [6, 6.07) is -1.14. The van der Waals surface area contributed by atoms with E-state index >= 15 is 0 Å². The van der Waals surface area contributed by atoms with E-state index < -0.39 is 29.5 Å². The van der Waals surface area contributed by atoms with E-state index in [1.54, 1.807) is 11.9 Å². The fraction of sp³-hybridized carbons (Fsp3) is 0.857. The minimum absolute atomic E-state index is 0.117. The number of nitrogens with zero attached hydrogens (tertiary/aromatic N) is 1. The van der Waals surface area contributed by atoms with Crippen LogP contribution < -0.4 is 10.6 Å². The van der Waals surface area contributed by atoms with Crippen LogP contribution in [-0.4, -0.2) is 71.2 Å². The van der Waals surface area contributed by atoms with E-state index in [-0.39, 0.29) is 36.5 Å². The highest BCUT2D eigenvalue weighted by atomic mass is 16.5. The lowest BCUT2D eigenvalue weighted by molar-refractivity contribution is -0.146. The lowest BCUT2D eigenvalue weighted by Gasteiger charge is -2.37. The van der Waals surface area contributed by atoms with Crippen LogP contribution in [0.15, 0.2) is 0 Å². The number of fused-ring (bicyclic) bond motifs is 1. The Labute approximate surface area is 171 Å². The second-order valence-corrected chi connectivity index (χ2v) is 9.00. The van der Waals surface area contributed by atoms with Crippen molar-refractivity contribution in [2.75, 3.05) is 13.7 Å². The number of nitrogens with one attached hydrogen (secondary N) is 2. The standard InChI is InChI=1S/C21H33N3O5/c1-3-13(11-25)24-17(19(27)23-12-7-5-4-6-8-12)21-10-9-14(29-21)15(18(26)22-2)16(21)20(24)28/h12-17,25H,3-11H2,1-2H3,(H,22,26)(H,23,27)/t13-,14-,15+,16-,17?,21?/m0/s1. The van der Waals surface area contributed by atoms with Gasteiger partial charge in [-0.2, -0.15) is 0 Å². The van der Waals surface area contributed by atoms with E-state index in [0.717, 1.165) is 25.7 Å². The fourth-order valence-electron chi connectivity index (χ4n) is 6.19. The molecule has 0 radical (unpaired) electrons. The summed E-state index contributed by atoms with van der Waals surface area (Å²) in [6.07, 6.45) is 6.73. The van der Waals surface area contributed by atoms with Crippen molar-refractivity contribution in [3.63, 3.8) is 0 Å². The van der Waals surface area contributed by atoms with Crippen molar-refractivity contribution in [2.45, 2.75) is 88.1 Å². The molecule has 2 unspecified atom stereocenters. The minimum atomic E-state index is -0.972. The number of carbonyl (C=O) groups is 3. The molecule has 4 rings (SSSR count).